The molecule has 202 valence electrons. The summed E-state index contributed by atoms with van der Waals surface area (Å²) in [6.07, 6.45) is 1.17. The Balaban J connectivity index is 0. The van der Waals surface area contributed by atoms with Gasteiger partial charge < -0.3 is 19.8 Å². The van der Waals surface area contributed by atoms with Crippen LogP contribution in [0.4, 0.5) is 0 Å². The van der Waals surface area contributed by atoms with Crippen LogP contribution in [-0.2, 0) is 0 Å². The average molecular weight is 474 g/mol. The van der Waals surface area contributed by atoms with Crippen molar-refractivity contribution >= 4 is 0 Å². The maximum absolute atomic E-state index is 9.86. The van der Waals surface area contributed by atoms with Crippen LogP contribution in [0.25, 0.3) is 0 Å². The fourth-order valence-corrected chi connectivity index (χ4v) is 3.48. The first kappa shape index (κ1) is 34.9. The Morgan fingerprint density at radius 2 is 1.00 bits per heavy atom. The molecule has 0 aromatic heterocycles. The van der Waals surface area contributed by atoms with Crippen LogP contribution in [-0.4, -0.2) is 134 Å². The summed E-state index contributed by atoms with van der Waals surface area (Å²) < 4.78 is 0. The minimum atomic E-state index is -0.162. The largest absolute Gasteiger partial charge is 0.394 e. The maximum Gasteiger partial charge on any atom is 0.0610 e. The third kappa shape index (κ3) is 17.8. The van der Waals surface area contributed by atoms with Gasteiger partial charge in [0.25, 0.3) is 0 Å². The zero-order valence-corrected chi connectivity index (χ0v) is 25.0. The molecule has 0 unspecified atom stereocenters. The molecule has 0 spiro atoms. The lowest BCUT2D eigenvalue weighted by atomic mass is 10.0. The van der Waals surface area contributed by atoms with Gasteiger partial charge in [0.15, 0.2) is 0 Å². The summed E-state index contributed by atoms with van der Waals surface area (Å²) in [6, 6.07) is 0. The van der Waals surface area contributed by atoms with E-state index in [1.165, 1.54) is 6.42 Å². The number of rotatable bonds is 17. The first-order valence-corrected chi connectivity index (χ1v) is 13.3. The summed E-state index contributed by atoms with van der Waals surface area (Å²) in [5, 5.41) is 9.86. The number of nitrogens with zero attached hydrogens (tertiary/aromatic N) is 5. The molecule has 33 heavy (non-hydrogen) atoms. The van der Waals surface area contributed by atoms with Gasteiger partial charge in [-0.2, -0.15) is 0 Å². The first-order valence-electron chi connectivity index (χ1n) is 13.3. The molecule has 0 bridgehead atoms. The minimum absolute atomic E-state index is 0.162. The van der Waals surface area contributed by atoms with Gasteiger partial charge in [0.2, 0.25) is 0 Å². The smallest absolute Gasteiger partial charge is 0.0610 e. The van der Waals surface area contributed by atoms with Gasteiger partial charge in [-0.25, -0.2) is 0 Å². The molecule has 0 rings (SSSR count). The van der Waals surface area contributed by atoms with Crippen LogP contribution in [0.2, 0.25) is 0 Å². The van der Waals surface area contributed by atoms with Gasteiger partial charge in [-0.05, 0) is 81.7 Å². The normalized spacial score (nSPS) is 13.1. The van der Waals surface area contributed by atoms with E-state index in [1.807, 2.05) is 13.8 Å². The quantitative estimate of drug-likeness (QED) is 0.347. The molecule has 6 nitrogen and oxygen atoms in total. The minimum Gasteiger partial charge on any atom is -0.394 e. The molecule has 0 aliphatic rings. The zero-order chi connectivity index (χ0) is 26.2. The molecular formula is C27H63N5O. The van der Waals surface area contributed by atoms with Crippen molar-refractivity contribution < 1.29 is 5.11 Å². The molecule has 0 aromatic carbocycles. The molecular weight excluding hydrogens is 410 g/mol. The van der Waals surface area contributed by atoms with Gasteiger partial charge in [0.1, 0.15) is 0 Å². The first-order chi connectivity index (χ1) is 15.2. The lowest BCUT2D eigenvalue weighted by Gasteiger charge is -2.40. The topological polar surface area (TPSA) is 36.4 Å². The number of aliphatic hydroxyl groups excluding tert-OH is 1. The van der Waals surface area contributed by atoms with Crippen molar-refractivity contribution in [3.8, 4) is 0 Å². The zero-order valence-electron chi connectivity index (χ0n) is 25.0. The third-order valence-electron chi connectivity index (χ3n) is 6.35. The molecule has 0 heterocycles. The highest BCUT2D eigenvalue weighted by atomic mass is 16.3. The lowest BCUT2D eigenvalue weighted by molar-refractivity contribution is 0.0444. The van der Waals surface area contributed by atoms with Crippen LogP contribution in [0, 0.1) is 5.92 Å². The van der Waals surface area contributed by atoms with E-state index in [-0.39, 0.29) is 17.7 Å². The monoisotopic (exact) mass is 474 g/mol. The molecule has 0 fully saturated rings. The van der Waals surface area contributed by atoms with Gasteiger partial charge in [-0.15, -0.1) is 0 Å². The van der Waals surface area contributed by atoms with E-state index in [9.17, 15) is 5.11 Å². The molecule has 0 amide bonds. The molecule has 0 aromatic rings. The van der Waals surface area contributed by atoms with E-state index in [1.54, 1.807) is 0 Å². The van der Waals surface area contributed by atoms with E-state index < -0.39 is 0 Å². The van der Waals surface area contributed by atoms with Crippen LogP contribution in [0.3, 0.4) is 0 Å². The Morgan fingerprint density at radius 1 is 0.606 bits per heavy atom. The second-order valence-corrected chi connectivity index (χ2v) is 11.7. The van der Waals surface area contributed by atoms with Crippen molar-refractivity contribution in [2.24, 2.45) is 5.92 Å². The van der Waals surface area contributed by atoms with E-state index in [0.717, 1.165) is 58.9 Å². The Kier molecular flexibility index (Phi) is 19.1. The van der Waals surface area contributed by atoms with Crippen molar-refractivity contribution in [2.45, 2.75) is 79.8 Å². The van der Waals surface area contributed by atoms with Crippen LogP contribution in [0.1, 0.15) is 68.7 Å². The lowest BCUT2D eigenvalue weighted by Crippen LogP contribution is -2.51. The Bertz CT molecular complexity index is 448. The Labute approximate surface area is 209 Å². The van der Waals surface area contributed by atoms with Crippen molar-refractivity contribution in [2.75, 3.05) is 93.7 Å². The van der Waals surface area contributed by atoms with Gasteiger partial charge in [0.05, 0.1) is 6.61 Å². The highest BCUT2D eigenvalue weighted by molar-refractivity contribution is 4.82. The molecule has 0 aliphatic heterocycles. The molecule has 0 saturated heterocycles. The van der Waals surface area contributed by atoms with Crippen molar-refractivity contribution in [3.63, 3.8) is 0 Å². The van der Waals surface area contributed by atoms with Gasteiger partial charge in [0, 0.05) is 63.4 Å². The van der Waals surface area contributed by atoms with Gasteiger partial charge >= 0.3 is 0 Å². The van der Waals surface area contributed by atoms with E-state index in [4.69, 9.17) is 0 Å². The van der Waals surface area contributed by atoms with Crippen molar-refractivity contribution in [3.05, 3.63) is 0 Å². The summed E-state index contributed by atoms with van der Waals surface area (Å²) in [4.78, 5) is 12.2. The van der Waals surface area contributed by atoms with Crippen LogP contribution >= 0.6 is 0 Å². The predicted molar refractivity (Wildman–Crippen MR) is 148 cm³/mol. The summed E-state index contributed by atoms with van der Waals surface area (Å²) >= 11 is 0. The number of likely N-dealkylation sites (N-methyl/N-ethyl adjacent to an activating group) is 3. The fourth-order valence-electron chi connectivity index (χ4n) is 3.48. The molecule has 0 saturated carbocycles. The number of hydrogen-bond donors (Lipinski definition) is 1. The summed E-state index contributed by atoms with van der Waals surface area (Å²) in [6.45, 7) is 29.7. The molecule has 0 radical (unpaired) electrons. The summed E-state index contributed by atoms with van der Waals surface area (Å²) in [7, 11) is 8.73. The Hall–Kier alpha value is -0.240. The van der Waals surface area contributed by atoms with Gasteiger partial charge in [-0.3, -0.25) is 9.80 Å². The molecule has 1 N–H and O–H groups in total. The average Bonchev–Trinajstić information content (AvgIpc) is 2.72. The maximum atomic E-state index is 9.86. The van der Waals surface area contributed by atoms with Crippen LogP contribution < -0.4 is 0 Å². The second-order valence-electron chi connectivity index (χ2n) is 11.7. The fraction of sp³-hybridized carbons (Fsp3) is 1.00. The predicted octanol–water partition coefficient (Wildman–Crippen LogP) is 3.66. The third-order valence-corrected chi connectivity index (χ3v) is 6.35. The van der Waals surface area contributed by atoms with Gasteiger partial charge in [-0.1, -0.05) is 27.7 Å². The van der Waals surface area contributed by atoms with Crippen molar-refractivity contribution in [1.82, 2.24) is 24.5 Å². The highest BCUT2D eigenvalue weighted by Crippen LogP contribution is 2.16. The summed E-state index contributed by atoms with van der Waals surface area (Å²) in [5.74, 6) is 0.686. The van der Waals surface area contributed by atoms with Crippen molar-refractivity contribution in [1.29, 1.82) is 0 Å². The standard InChI is InChI=1S/C25H57N5O.C2H6/c1-23(2)12-13-30(25(6,7)22-31)21-18-28(11)17-20-29(24(3,4)5)19-16-27(10)15-14-26(8)9;1-2/h23,31H,12-22H2,1-11H3;1-2H3. The van der Waals surface area contributed by atoms with E-state index >= 15 is 0 Å². The van der Waals surface area contributed by atoms with Crippen LogP contribution in [0.15, 0.2) is 0 Å². The highest BCUT2D eigenvalue weighted by Gasteiger charge is 2.26. The molecule has 6 heteroatoms. The number of aliphatic hydroxyl groups is 1. The SMILES string of the molecule is CC.CC(C)CCN(CCN(C)CCN(CCN(C)CCN(C)C)C(C)(C)C)C(C)(C)CO. The van der Waals surface area contributed by atoms with E-state index in [0.29, 0.717) is 5.92 Å². The Morgan fingerprint density at radius 3 is 1.33 bits per heavy atom. The van der Waals surface area contributed by atoms with E-state index in [2.05, 4.69) is 101 Å². The van der Waals surface area contributed by atoms with Crippen LogP contribution in [0.5, 0.6) is 0 Å². The molecule has 0 aliphatic carbocycles. The second kappa shape index (κ2) is 18.1. The summed E-state index contributed by atoms with van der Waals surface area (Å²) in [5.41, 5.74) is 0.00965. The number of hydrogen-bond acceptors (Lipinski definition) is 6. The molecule has 0 atom stereocenters.